The second-order valence-corrected chi connectivity index (χ2v) is 9.57. The standard InChI is InChI=1S/C20H14ClI2N3O3S/c1-2-7-29-17-14(22)8-11(9-15(17)23)10-16(19(27)28)30-20-24-18(25-26-20)12-3-5-13(21)6-4-12/h2-6,8-10H,1,7H2,(H,27,28)(H,24,25,26)/b16-10-. The van der Waals surface area contributed by atoms with Crippen molar-refractivity contribution in [2.45, 2.75) is 5.16 Å². The number of carboxylic acids is 1. The number of hydrogen-bond donors (Lipinski definition) is 2. The van der Waals surface area contributed by atoms with Crippen LogP contribution in [0.5, 0.6) is 5.75 Å². The van der Waals surface area contributed by atoms with Gasteiger partial charge in [-0.15, -0.1) is 5.10 Å². The Bertz CT molecular complexity index is 1090. The molecule has 154 valence electrons. The fourth-order valence-corrected chi connectivity index (χ4v) is 5.32. The summed E-state index contributed by atoms with van der Waals surface area (Å²) in [6.07, 6.45) is 3.27. The van der Waals surface area contributed by atoms with Crippen molar-refractivity contribution in [1.82, 2.24) is 15.2 Å². The number of carboxylic acid groups (broad SMARTS) is 1. The van der Waals surface area contributed by atoms with Gasteiger partial charge in [0.2, 0.25) is 5.16 Å². The van der Waals surface area contributed by atoms with Gasteiger partial charge >= 0.3 is 5.97 Å². The number of hydrogen-bond acceptors (Lipinski definition) is 5. The molecule has 0 fully saturated rings. The molecule has 2 N–H and O–H groups in total. The molecule has 0 spiro atoms. The van der Waals surface area contributed by atoms with Crippen LogP contribution in [-0.4, -0.2) is 32.9 Å². The maximum absolute atomic E-state index is 11.8. The van der Waals surface area contributed by atoms with Gasteiger partial charge < -0.3 is 9.84 Å². The van der Waals surface area contributed by atoms with E-state index in [-0.39, 0.29) is 4.91 Å². The van der Waals surface area contributed by atoms with Crippen molar-refractivity contribution in [1.29, 1.82) is 0 Å². The van der Waals surface area contributed by atoms with E-state index in [2.05, 4.69) is 66.9 Å². The molecule has 0 aliphatic heterocycles. The zero-order chi connectivity index (χ0) is 21.7. The number of rotatable bonds is 8. The largest absolute Gasteiger partial charge is 0.487 e. The van der Waals surface area contributed by atoms with Crippen LogP contribution in [0.25, 0.3) is 17.5 Å². The third-order valence-electron chi connectivity index (χ3n) is 3.66. The van der Waals surface area contributed by atoms with Crippen LogP contribution in [0.2, 0.25) is 5.02 Å². The van der Waals surface area contributed by atoms with Crippen LogP contribution in [0.1, 0.15) is 5.56 Å². The minimum atomic E-state index is -1.06. The van der Waals surface area contributed by atoms with E-state index in [4.69, 9.17) is 16.3 Å². The van der Waals surface area contributed by atoms with E-state index < -0.39 is 5.97 Å². The Hall–Kier alpha value is -1.57. The Morgan fingerprint density at radius 1 is 1.27 bits per heavy atom. The summed E-state index contributed by atoms with van der Waals surface area (Å²) >= 11 is 11.2. The molecule has 6 nitrogen and oxygen atoms in total. The molecule has 3 rings (SSSR count). The first-order chi connectivity index (χ1) is 14.4. The molecular weight excluding hydrogens is 652 g/mol. The number of halogens is 3. The summed E-state index contributed by atoms with van der Waals surface area (Å²) in [6, 6.07) is 10.8. The Morgan fingerprint density at radius 3 is 2.53 bits per heavy atom. The Kier molecular flexibility index (Phi) is 8.20. The third kappa shape index (κ3) is 5.99. The first-order valence-electron chi connectivity index (χ1n) is 8.41. The number of ether oxygens (including phenoxy) is 1. The lowest BCUT2D eigenvalue weighted by atomic mass is 10.2. The highest BCUT2D eigenvalue weighted by molar-refractivity contribution is 14.1. The highest BCUT2D eigenvalue weighted by Crippen LogP contribution is 2.32. The van der Waals surface area contributed by atoms with E-state index in [1.54, 1.807) is 24.3 Å². The fraction of sp³-hybridized carbons (Fsp3) is 0.0500. The van der Waals surface area contributed by atoms with E-state index in [1.165, 1.54) is 0 Å². The van der Waals surface area contributed by atoms with Gasteiger partial charge in [0, 0.05) is 10.6 Å². The molecule has 1 heterocycles. The Balaban J connectivity index is 1.85. The molecular formula is C20H14ClI2N3O3S. The second kappa shape index (κ2) is 10.6. The molecule has 0 aliphatic rings. The third-order valence-corrected chi connectivity index (χ3v) is 6.39. The Labute approximate surface area is 209 Å². The summed E-state index contributed by atoms with van der Waals surface area (Å²) in [5.74, 6) is 0.223. The highest BCUT2D eigenvalue weighted by atomic mass is 127. The van der Waals surface area contributed by atoms with Gasteiger partial charge in [-0.1, -0.05) is 24.3 Å². The van der Waals surface area contributed by atoms with Crippen molar-refractivity contribution >= 4 is 80.6 Å². The predicted molar refractivity (Wildman–Crippen MR) is 136 cm³/mol. The van der Waals surface area contributed by atoms with Crippen LogP contribution in [-0.2, 0) is 4.79 Å². The predicted octanol–water partition coefficient (Wildman–Crippen LogP) is 6.12. The maximum atomic E-state index is 11.8. The van der Waals surface area contributed by atoms with Crippen LogP contribution in [0.4, 0.5) is 0 Å². The number of nitrogens with zero attached hydrogens (tertiary/aromatic N) is 2. The minimum Gasteiger partial charge on any atom is -0.487 e. The van der Waals surface area contributed by atoms with Gasteiger partial charge in [-0.25, -0.2) is 9.78 Å². The number of carbonyl (C=O) groups is 1. The van der Waals surface area contributed by atoms with Crippen LogP contribution in [0, 0.1) is 7.14 Å². The van der Waals surface area contributed by atoms with Gasteiger partial charge in [-0.2, -0.15) is 0 Å². The number of aliphatic carboxylic acids is 1. The first kappa shape index (κ1) is 23.1. The minimum absolute atomic E-state index is 0.100. The van der Waals surface area contributed by atoms with Crippen molar-refractivity contribution < 1.29 is 14.6 Å². The number of H-pyrrole nitrogens is 1. The first-order valence-corrected chi connectivity index (χ1v) is 11.8. The molecule has 10 heteroatoms. The lowest BCUT2D eigenvalue weighted by Gasteiger charge is -2.10. The molecule has 0 bridgehead atoms. The molecule has 1 aromatic heterocycles. The van der Waals surface area contributed by atoms with Gasteiger partial charge in [-0.05, 0) is 105 Å². The molecule has 2 aromatic carbocycles. The normalized spacial score (nSPS) is 11.4. The maximum Gasteiger partial charge on any atom is 0.342 e. The van der Waals surface area contributed by atoms with Crippen LogP contribution in [0.15, 0.2) is 59.1 Å². The van der Waals surface area contributed by atoms with Crippen LogP contribution in [0.3, 0.4) is 0 Å². The lowest BCUT2D eigenvalue weighted by molar-refractivity contribution is -0.131. The quantitative estimate of drug-likeness (QED) is 0.131. The fourth-order valence-electron chi connectivity index (χ4n) is 2.36. The van der Waals surface area contributed by atoms with E-state index in [1.807, 2.05) is 24.3 Å². The summed E-state index contributed by atoms with van der Waals surface area (Å²) in [5, 5.41) is 17.5. The zero-order valence-corrected chi connectivity index (χ0v) is 21.1. The van der Waals surface area contributed by atoms with Crippen molar-refractivity contribution in [2.75, 3.05) is 6.61 Å². The number of nitrogens with one attached hydrogen (secondary N) is 1. The van der Waals surface area contributed by atoms with E-state index in [0.29, 0.717) is 22.6 Å². The number of aromatic amines is 1. The topological polar surface area (TPSA) is 88.1 Å². The van der Waals surface area contributed by atoms with Crippen molar-refractivity contribution in [3.63, 3.8) is 0 Å². The molecule has 30 heavy (non-hydrogen) atoms. The van der Waals surface area contributed by atoms with Crippen LogP contribution < -0.4 is 4.74 Å². The molecule has 0 saturated carbocycles. The molecule has 0 aliphatic carbocycles. The average Bonchev–Trinajstić information content (AvgIpc) is 3.16. The van der Waals surface area contributed by atoms with E-state index in [9.17, 15) is 9.90 Å². The van der Waals surface area contributed by atoms with Crippen LogP contribution >= 0.6 is 68.5 Å². The number of benzene rings is 2. The molecule has 3 aromatic rings. The molecule has 0 atom stereocenters. The van der Waals surface area contributed by atoms with Crippen molar-refractivity contribution in [3.05, 3.63) is 71.7 Å². The lowest BCUT2D eigenvalue weighted by Crippen LogP contribution is -2.00. The van der Waals surface area contributed by atoms with Crippen molar-refractivity contribution in [3.8, 4) is 17.1 Å². The van der Waals surface area contributed by atoms with Crippen molar-refractivity contribution in [2.24, 2.45) is 0 Å². The van der Waals surface area contributed by atoms with Gasteiger partial charge in [0.15, 0.2) is 5.82 Å². The monoisotopic (exact) mass is 665 g/mol. The molecule has 0 amide bonds. The average molecular weight is 666 g/mol. The SMILES string of the molecule is C=CCOc1c(I)cc(/C=C(\Sc2n[nH]c(-c3ccc(Cl)cc3)n2)C(=O)O)cc1I. The Morgan fingerprint density at radius 2 is 1.93 bits per heavy atom. The zero-order valence-electron chi connectivity index (χ0n) is 15.2. The summed E-state index contributed by atoms with van der Waals surface area (Å²) in [4.78, 5) is 16.3. The number of aromatic nitrogens is 3. The molecule has 0 saturated heterocycles. The second-order valence-electron chi connectivity index (χ2n) is 5.80. The van der Waals surface area contributed by atoms with Gasteiger partial charge in [0.1, 0.15) is 17.3 Å². The van der Waals surface area contributed by atoms with Gasteiger partial charge in [0.05, 0.1) is 7.14 Å². The van der Waals surface area contributed by atoms with E-state index in [0.717, 1.165) is 35.8 Å². The molecule has 0 radical (unpaired) electrons. The van der Waals surface area contributed by atoms with Gasteiger partial charge in [-0.3, -0.25) is 5.10 Å². The number of thioether (sulfide) groups is 1. The van der Waals surface area contributed by atoms with E-state index >= 15 is 0 Å². The van der Waals surface area contributed by atoms with Gasteiger partial charge in [0.25, 0.3) is 0 Å². The summed E-state index contributed by atoms with van der Waals surface area (Å²) in [5.41, 5.74) is 1.55. The summed E-state index contributed by atoms with van der Waals surface area (Å²) in [7, 11) is 0. The summed E-state index contributed by atoms with van der Waals surface area (Å²) < 4.78 is 7.42. The smallest absolute Gasteiger partial charge is 0.342 e. The molecule has 0 unspecified atom stereocenters. The highest BCUT2D eigenvalue weighted by Gasteiger charge is 2.16. The summed E-state index contributed by atoms with van der Waals surface area (Å²) in [6.45, 7) is 4.05.